The second kappa shape index (κ2) is 8.85. The Morgan fingerprint density at radius 2 is 1.83 bits per heavy atom. The van der Waals surface area contributed by atoms with Crippen LogP contribution in [0.15, 0.2) is 48.0 Å². The topological polar surface area (TPSA) is 81.1 Å². The van der Waals surface area contributed by atoms with Gasteiger partial charge in [0.05, 0.1) is 17.2 Å². The molecule has 1 saturated heterocycles. The zero-order valence-electron chi connectivity index (χ0n) is 16.6. The maximum absolute atomic E-state index is 13.5. The van der Waals surface area contributed by atoms with E-state index in [2.05, 4.69) is 0 Å². The summed E-state index contributed by atoms with van der Waals surface area (Å²) in [7, 11) is 3.79. The standard InChI is InChI=1S/C22H22ClFN2O4/c1-25(2)10-3-11-26-19(13-4-7-15(24)8-5-13)18(21(29)22(26)30)20(28)16-12-14(23)6-9-17(16)27/h4-9,12,19,27-28H,3,10-11H2,1-2H3/t19-/m0/s1. The monoisotopic (exact) mass is 432 g/mol. The predicted molar refractivity (Wildman–Crippen MR) is 112 cm³/mol. The Morgan fingerprint density at radius 1 is 1.17 bits per heavy atom. The second-order valence-electron chi connectivity index (χ2n) is 7.36. The highest BCUT2D eigenvalue weighted by atomic mass is 35.5. The van der Waals surface area contributed by atoms with E-state index in [0.29, 0.717) is 18.5 Å². The summed E-state index contributed by atoms with van der Waals surface area (Å²) in [6.07, 6.45) is 0.597. The summed E-state index contributed by atoms with van der Waals surface area (Å²) >= 11 is 5.98. The number of halogens is 2. The molecule has 3 rings (SSSR count). The highest BCUT2D eigenvalue weighted by Gasteiger charge is 2.46. The number of aliphatic hydroxyl groups is 1. The lowest BCUT2D eigenvalue weighted by molar-refractivity contribution is -0.139. The van der Waals surface area contributed by atoms with Crippen LogP contribution in [0.2, 0.25) is 5.02 Å². The summed E-state index contributed by atoms with van der Waals surface area (Å²) in [6.45, 7) is 0.956. The number of aromatic hydroxyl groups is 1. The van der Waals surface area contributed by atoms with Crippen molar-refractivity contribution in [2.24, 2.45) is 0 Å². The van der Waals surface area contributed by atoms with Gasteiger partial charge >= 0.3 is 0 Å². The molecule has 0 saturated carbocycles. The van der Waals surface area contributed by atoms with E-state index in [1.54, 1.807) is 0 Å². The van der Waals surface area contributed by atoms with Gasteiger partial charge in [0.1, 0.15) is 17.3 Å². The van der Waals surface area contributed by atoms with Crippen molar-refractivity contribution in [2.45, 2.75) is 12.5 Å². The number of carbonyl (C=O) groups is 2. The van der Waals surface area contributed by atoms with Crippen molar-refractivity contribution < 1.29 is 24.2 Å². The fourth-order valence-corrected chi connectivity index (χ4v) is 3.67. The van der Waals surface area contributed by atoms with E-state index in [0.717, 1.165) is 0 Å². The van der Waals surface area contributed by atoms with E-state index in [1.165, 1.54) is 47.4 Å². The molecular formula is C22H22ClFN2O4. The Bertz CT molecular complexity index is 1000. The number of benzene rings is 2. The quantitative estimate of drug-likeness (QED) is 0.414. The van der Waals surface area contributed by atoms with E-state index in [1.807, 2.05) is 19.0 Å². The number of Topliss-reactive ketones (excluding diaryl/α,β-unsaturated/α-hetero) is 1. The lowest BCUT2D eigenvalue weighted by Gasteiger charge is -2.26. The molecule has 30 heavy (non-hydrogen) atoms. The number of hydrogen-bond donors (Lipinski definition) is 2. The molecule has 1 atom stereocenters. The minimum Gasteiger partial charge on any atom is -0.507 e. The molecule has 0 unspecified atom stereocenters. The molecular weight excluding hydrogens is 411 g/mol. The number of rotatable bonds is 6. The number of nitrogens with zero attached hydrogens (tertiary/aromatic N) is 2. The van der Waals surface area contributed by atoms with E-state index in [9.17, 15) is 24.2 Å². The number of ketones is 1. The molecule has 8 heteroatoms. The zero-order chi connectivity index (χ0) is 22.0. The number of hydrogen-bond acceptors (Lipinski definition) is 5. The van der Waals surface area contributed by atoms with Crippen molar-refractivity contribution in [2.75, 3.05) is 27.2 Å². The summed E-state index contributed by atoms with van der Waals surface area (Å²) in [4.78, 5) is 29.0. The van der Waals surface area contributed by atoms with Gasteiger partial charge < -0.3 is 20.0 Å². The van der Waals surface area contributed by atoms with Crippen LogP contribution in [0.3, 0.4) is 0 Å². The number of carbonyl (C=O) groups excluding carboxylic acids is 2. The first-order chi connectivity index (χ1) is 14.2. The van der Waals surface area contributed by atoms with Crippen molar-refractivity contribution in [3.8, 4) is 5.75 Å². The van der Waals surface area contributed by atoms with Gasteiger partial charge in [-0.25, -0.2) is 4.39 Å². The van der Waals surface area contributed by atoms with Crippen molar-refractivity contribution in [1.29, 1.82) is 0 Å². The lowest BCUT2D eigenvalue weighted by Crippen LogP contribution is -2.32. The van der Waals surface area contributed by atoms with Crippen molar-refractivity contribution in [3.63, 3.8) is 0 Å². The largest absolute Gasteiger partial charge is 0.507 e. The van der Waals surface area contributed by atoms with Crippen LogP contribution in [-0.2, 0) is 9.59 Å². The predicted octanol–water partition coefficient (Wildman–Crippen LogP) is 3.56. The summed E-state index contributed by atoms with van der Waals surface area (Å²) in [6, 6.07) is 8.52. The van der Waals surface area contributed by atoms with Crippen LogP contribution in [0.25, 0.3) is 5.76 Å². The highest BCUT2D eigenvalue weighted by Crippen LogP contribution is 2.41. The fourth-order valence-electron chi connectivity index (χ4n) is 3.50. The van der Waals surface area contributed by atoms with E-state index in [4.69, 9.17) is 11.6 Å². The molecule has 1 fully saturated rings. The van der Waals surface area contributed by atoms with Crippen LogP contribution in [-0.4, -0.2) is 58.9 Å². The van der Waals surface area contributed by atoms with Crippen molar-refractivity contribution in [3.05, 3.63) is 70.0 Å². The zero-order valence-corrected chi connectivity index (χ0v) is 17.4. The third kappa shape index (κ3) is 4.32. The van der Waals surface area contributed by atoms with Gasteiger partial charge in [-0.05, 0) is 63.0 Å². The molecule has 1 amide bonds. The third-order valence-electron chi connectivity index (χ3n) is 4.94. The summed E-state index contributed by atoms with van der Waals surface area (Å²) in [5, 5.41) is 21.3. The van der Waals surface area contributed by atoms with Gasteiger partial charge in [-0.1, -0.05) is 23.7 Å². The van der Waals surface area contributed by atoms with Crippen LogP contribution >= 0.6 is 11.6 Å². The number of likely N-dealkylation sites (tertiary alicyclic amines) is 1. The van der Waals surface area contributed by atoms with Gasteiger partial charge in [-0.2, -0.15) is 0 Å². The minimum atomic E-state index is -0.911. The first-order valence-electron chi connectivity index (χ1n) is 9.38. The first kappa shape index (κ1) is 21.8. The highest BCUT2D eigenvalue weighted by molar-refractivity contribution is 6.46. The Morgan fingerprint density at radius 3 is 2.47 bits per heavy atom. The molecule has 1 aliphatic heterocycles. The molecule has 6 nitrogen and oxygen atoms in total. The average Bonchev–Trinajstić information content (AvgIpc) is 2.94. The summed E-state index contributed by atoms with van der Waals surface area (Å²) in [5.74, 6) is -2.90. The maximum atomic E-state index is 13.5. The molecule has 0 radical (unpaired) electrons. The van der Waals surface area contributed by atoms with Crippen LogP contribution in [0.4, 0.5) is 4.39 Å². The smallest absolute Gasteiger partial charge is 0.295 e. The summed E-state index contributed by atoms with van der Waals surface area (Å²) < 4.78 is 13.5. The number of aliphatic hydroxyl groups excluding tert-OH is 1. The minimum absolute atomic E-state index is 0.0547. The molecule has 0 aromatic heterocycles. The molecule has 158 valence electrons. The Labute approximate surface area is 178 Å². The Hall–Kier alpha value is -2.90. The molecule has 1 aliphatic rings. The van der Waals surface area contributed by atoms with Crippen LogP contribution in [0.1, 0.15) is 23.6 Å². The van der Waals surface area contributed by atoms with Crippen LogP contribution < -0.4 is 0 Å². The molecule has 2 aromatic carbocycles. The third-order valence-corrected chi connectivity index (χ3v) is 5.18. The van der Waals surface area contributed by atoms with Gasteiger partial charge in [0.15, 0.2) is 0 Å². The number of phenolic OH excluding ortho intramolecular Hbond substituents is 1. The van der Waals surface area contributed by atoms with E-state index >= 15 is 0 Å². The Balaban J connectivity index is 2.13. The summed E-state index contributed by atoms with van der Waals surface area (Å²) in [5.41, 5.74) is 0.249. The van der Waals surface area contributed by atoms with Crippen molar-refractivity contribution >= 4 is 29.1 Å². The van der Waals surface area contributed by atoms with E-state index in [-0.39, 0.29) is 28.5 Å². The molecule has 1 heterocycles. The lowest BCUT2D eigenvalue weighted by atomic mass is 9.95. The fraction of sp³-hybridized carbons (Fsp3) is 0.273. The van der Waals surface area contributed by atoms with Gasteiger partial charge in [0.2, 0.25) is 0 Å². The van der Waals surface area contributed by atoms with Gasteiger partial charge in [-0.3, -0.25) is 9.59 Å². The van der Waals surface area contributed by atoms with Crippen LogP contribution in [0.5, 0.6) is 5.75 Å². The average molecular weight is 433 g/mol. The number of amides is 1. The molecule has 2 aromatic rings. The Kier molecular flexibility index (Phi) is 6.43. The molecule has 0 aliphatic carbocycles. The second-order valence-corrected chi connectivity index (χ2v) is 7.80. The first-order valence-corrected chi connectivity index (χ1v) is 9.76. The van der Waals surface area contributed by atoms with Gasteiger partial charge in [-0.15, -0.1) is 0 Å². The molecule has 0 spiro atoms. The SMILES string of the molecule is CN(C)CCCN1C(=O)C(=O)C(=C(O)c2cc(Cl)ccc2O)[C@@H]1c1ccc(F)cc1. The van der Waals surface area contributed by atoms with Gasteiger partial charge in [0.25, 0.3) is 11.7 Å². The van der Waals surface area contributed by atoms with Gasteiger partial charge in [0, 0.05) is 11.6 Å². The van der Waals surface area contributed by atoms with Crippen LogP contribution in [0, 0.1) is 5.82 Å². The molecule has 0 bridgehead atoms. The molecule has 2 N–H and O–H groups in total. The maximum Gasteiger partial charge on any atom is 0.295 e. The van der Waals surface area contributed by atoms with Crippen molar-refractivity contribution in [1.82, 2.24) is 9.80 Å². The van der Waals surface area contributed by atoms with E-state index < -0.39 is 29.3 Å². The normalized spacial score (nSPS) is 18.4. The number of phenols is 1.